The van der Waals surface area contributed by atoms with Crippen LogP contribution in [0.4, 0.5) is 0 Å². The highest BCUT2D eigenvalue weighted by Crippen LogP contribution is 2.37. The fraction of sp³-hybridized carbons (Fsp3) is 0.269. The Hall–Kier alpha value is -2.71. The molecule has 0 amide bonds. The number of nitrogens with zero attached hydrogens (tertiary/aromatic N) is 1. The second-order valence-electron chi connectivity index (χ2n) is 8.19. The van der Waals surface area contributed by atoms with Crippen molar-refractivity contribution in [2.75, 3.05) is 7.11 Å². The number of benzene rings is 3. The summed E-state index contributed by atoms with van der Waals surface area (Å²) in [4.78, 5) is 5.05. The van der Waals surface area contributed by atoms with Gasteiger partial charge in [0, 0.05) is 18.1 Å². The molecule has 2 heteroatoms. The predicted molar refractivity (Wildman–Crippen MR) is 119 cm³/mol. The van der Waals surface area contributed by atoms with Crippen LogP contribution in [0.25, 0.3) is 32.9 Å². The smallest absolute Gasteiger partial charge is 0.0877 e. The summed E-state index contributed by atoms with van der Waals surface area (Å²) in [5, 5.41) is 3.65. The molecule has 0 aliphatic rings. The highest BCUT2D eigenvalue weighted by Gasteiger charge is 2.23. The summed E-state index contributed by atoms with van der Waals surface area (Å²) in [6.07, 6.45) is 0. The van der Waals surface area contributed by atoms with E-state index in [4.69, 9.17) is 9.72 Å². The number of ether oxygens (including phenoxy) is 1. The average Bonchev–Trinajstić information content (AvgIpc) is 2.71. The Morgan fingerprint density at radius 3 is 2.29 bits per heavy atom. The van der Waals surface area contributed by atoms with Gasteiger partial charge in [0.25, 0.3) is 0 Å². The first kappa shape index (κ1) is 18.6. The van der Waals surface area contributed by atoms with Gasteiger partial charge >= 0.3 is 0 Å². The van der Waals surface area contributed by atoms with Crippen molar-refractivity contribution in [1.82, 2.24) is 4.98 Å². The summed E-state index contributed by atoms with van der Waals surface area (Å²) >= 11 is 0. The molecule has 0 radical (unpaired) electrons. The lowest BCUT2D eigenvalue weighted by Crippen LogP contribution is -2.20. The Kier molecular flexibility index (Phi) is 4.68. The van der Waals surface area contributed by atoms with E-state index in [9.17, 15) is 0 Å². The van der Waals surface area contributed by atoms with Crippen molar-refractivity contribution in [1.29, 1.82) is 0 Å². The largest absolute Gasteiger partial charge is 0.374 e. The van der Waals surface area contributed by atoms with Crippen LogP contribution in [-0.4, -0.2) is 12.1 Å². The minimum atomic E-state index is -0.378. The quantitative estimate of drug-likeness (QED) is 0.384. The predicted octanol–water partition coefficient (Wildman–Crippen LogP) is 7.06. The Morgan fingerprint density at radius 2 is 1.57 bits per heavy atom. The van der Waals surface area contributed by atoms with Gasteiger partial charge in [-0.3, -0.25) is 0 Å². The molecule has 4 aromatic rings. The van der Waals surface area contributed by atoms with Gasteiger partial charge in [0.05, 0.1) is 16.8 Å². The van der Waals surface area contributed by atoms with Gasteiger partial charge in [-0.1, -0.05) is 68.4 Å². The molecule has 28 heavy (non-hydrogen) atoms. The highest BCUT2D eigenvalue weighted by molar-refractivity contribution is 5.99. The third kappa shape index (κ3) is 3.08. The first-order chi connectivity index (χ1) is 13.4. The van der Waals surface area contributed by atoms with Gasteiger partial charge in [-0.15, -0.1) is 0 Å². The third-order valence-corrected chi connectivity index (χ3v) is 5.73. The van der Waals surface area contributed by atoms with Crippen molar-refractivity contribution >= 4 is 21.7 Å². The number of hydrogen-bond donors (Lipinski definition) is 0. The molecular formula is C26H27NO. The third-order valence-electron chi connectivity index (χ3n) is 5.73. The SMILES string of the molecule is COC(C)(C)c1cccc2cccc(-c3ccc4c(C(C)C)cccc4n3)c12. The Bertz CT molecular complexity index is 1150. The maximum atomic E-state index is 5.81. The van der Waals surface area contributed by atoms with E-state index in [1.165, 1.54) is 27.3 Å². The highest BCUT2D eigenvalue weighted by atomic mass is 16.5. The van der Waals surface area contributed by atoms with E-state index in [2.05, 4.69) is 94.4 Å². The Balaban J connectivity index is 2.00. The van der Waals surface area contributed by atoms with Crippen molar-refractivity contribution in [3.63, 3.8) is 0 Å². The van der Waals surface area contributed by atoms with E-state index in [1.807, 2.05) is 0 Å². The van der Waals surface area contributed by atoms with Gasteiger partial charge in [-0.2, -0.15) is 0 Å². The summed E-state index contributed by atoms with van der Waals surface area (Å²) in [6, 6.07) is 23.6. The van der Waals surface area contributed by atoms with Crippen molar-refractivity contribution in [2.45, 2.75) is 39.2 Å². The van der Waals surface area contributed by atoms with E-state index >= 15 is 0 Å². The second-order valence-corrected chi connectivity index (χ2v) is 8.19. The molecule has 142 valence electrons. The standard InChI is InChI=1S/C26H27NO/c1-17(2)19-11-8-14-23-20(19)15-16-24(27-23)21-12-6-9-18-10-7-13-22(25(18)21)26(3,4)28-5/h6-17H,1-5H3. The van der Waals surface area contributed by atoms with E-state index in [1.54, 1.807) is 7.11 Å². The zero-order chi connectivity index (χ0) is 19.9. The first-order valence-corrected chi connectivity index (χ1v) is 9.90. The van der Waals surface area contributed by atoms with Crippen LogP contribution in [-0.2, 0) is 10.3 Å². The Labute approximate surface area is 167 Å². The molecule has 1 heterocycles. The zero-order valence-corrected chi connectivity index (χ0v) is 17.3. The monoisotopic (exact) mass is 369 g/mol. The summed E-state index contributed by atoms with van der Waals surface area (Å²) in [7, 11) is 1.77. The number of rotatable bonds is 4. The van der Waals surface area contributed by atoms with Gasteiger partial charge in [0.15, 0.2) is 0 Å². The first-order valence-electron chi connectivity index (χ1n) is 9.90. The lowest BCUT2D eigenvalue weighted by atomic mass is 9.88. The summed E-state index contributed by atoms with van der Waals surface area (Å²) in [5.74, 6) is 0.475. The molecule has 0 atom stereocenters. The maximum absolute atomic E-state index is 5.81. The normalized spacial score (nSPS) is 12.2. The molecule has 0 unspecified atom stereocenters. The molecular weight excluding hydrogens is 342 g/mol. The van der Waals surface area contributed by atoms with Crippen molar-refractivity contribution in [2.24, 2.45) is 0 Å². The van der Waals surface area contributed by atoms with Crippen LogP contribution in [0.5, 0.6) is 0 Å². The van der Waals surface area contributed by atoms with Crippen LogP contribution in [0.1, 0.15) is 44.7 Å². The van der Waals surface area contributed by atoms with Crippen molar-refractivity contribution in [3.8, 4) is 11.3 Å². The van der Waals surface area contributed by atoms with Crippen molar-refractivity contribution in [3.05, 3.63) is 77.9 Å². The van der Waals surface area contributed by atoms with Crippen LogP contribution in [0.2, 0.25) is 0 Å². The zero-order valence-electron chi connectivity index (χ0n) is 17.3. The Morgan fingerprint density at radius 1 is 0.857 bits per heavy atom. The molecule has 4 rings (SSSR count). The van der Waals surface area contributed by atoms with Crippen LogP contribution in [0, 0.1) is 0 Å². The molecule has 0 saturated heterocycles. The number of pyridine rings is 1. The van der Waals surface area contributed by atoms with Gasteiger partial charge in [0.2, 0.25) is 0 Å². The molecule has 1 aromatic heterocycles. The van der Waals surface area contributed by atoms with Crippen LogP contribution in [0.3, 0.4) is 0 Å². The minimum absolute atomic E-state index is 0.378. The average molecular weight is 370 g/mol. The van der Waals surface area contributed by atoms with Crippen molar-refractivity contribution < 1.29 is 4.74 Å². The van der Waals surface area contributed by atoms with E-state index in [-0.39, 0.29) is 5.60 Å². The molecule has 0 aliphatic carbocycles. The maximum Gasteiger partial charge on any atom is 0.0877 e. The van der Waals surface area contributed by atoms with Crippen LogP contribution >= 0.6 is 0 Å². The molecule has 0 spiro atoms. The second kappa shape index (κ2) is 7.03. The molecule has 0 N–H and O–H groups in total. The fourth-order valence-corrected chi connectivity index (χ4v) is 4.00. The summed E-state index contributed by atoms with van der Waals surface area (Å²) in [6.45, 7) is 8.68. The minimum Gasteiger partial charge on any atom is -0.374 e. The number of aromatic nitrogens is 1. The van der Waals surface area contributed by atoms with Gasteiger partial charge in [-0.05, 0) is 53.8 Å². The van der Waals surface area contributed by atoms with Crippen LogP contribution in [0.15, 0.2) is 66.7 Å². The molecule has 0 bridgehead atoms. The van der Waals surface area contributed by atoms with Gasteiger partial charge < -0.3 is 4.74 Å². The number of hydrogen-bond acceptors (Lipinski definition) is 2. The van der Waals surface area contributed by atoms with Gasteiger partial charge in [0.1, 0.15) is 0 Å². The molecule has 0 aliphatic heterocycles. The summed E-state index contributed by atoms with van der Waals surface area (Å²) in [5.41, 5.74) is 5.34. The van der Waals surface area contributed by atoms with Gasteiger partial charge in [-0.25, -0.2) is 4.98 Å². The van der Waals surface area contributed by atoms with Crippen LogP contribution < -0.4 is 0 Å². The van der Waals surface area contributed by atoms with E-state index in [0.717, 1.165) is 16.8 Å². The number of methoxy groups -OCH3 is 1. The molecule has 2 nitrogen and oxygen atoms in total. The molecule has 3 aromatic carbocycles. The lowest BCUT2D eigenvalue weighted by molar-refractivity contribution is 0.0205. The molecule has 0 saturated carbocycles. The van der Waals surface area contributed by atoms with E-state index in [0.29, 0.717) is 5.92 Å². The lowest BCUT2D eigenvalue weighted by Gasteiger charge is -2.26. The number of fused-ring (bicyclic) bond motifs is 2. The van der Waals surface area contributed by atoms with E-state index < -0.39 is 0 Å². The molecule has 0 fully saturated rings. The topological polar surface area (TPSA) is 22.1 Å². The fourth-order valence-electron chi connectivity index (χ4n) is 4.00. The summed E-state index contributed by atoms with van der Waals surface area (Å²) < 4.78 is 5.81.